The number of nitrogens with zero attached hydrogens (tertiary/aromatic N) is 2. The molecule has 0 radical (unpaired) electrons. The van der Waals surface area contributed by atoms with Crippen molar-refractivity contribution < 1.29 is 46.3 Å². The Morgan fingerprint density at radius 1 is 1.05 bits per heavy atom. The number of sulfonamides is 1. The minimum Gasteiger partial charge on any atom is -0.444 e. The van der Waals surface area contributed by atoms with E-state index in [1.54, 1.807) is 39.0 Å². The molecule has 3 heterocycles. The van der Waals surface area contributed by atoms with Gasteiger partial charge in [0.25, 0.3) is 15.9 Å². The molecule has 3 N–H and O–H groups in total. The molecule has 1 saturated heterocycles. The number of allylic oxidation sites excluding steroid dienone is 1. The Hall–Kier alpha value is -4.41. The zero-order valence-electron chi connectivity index (χ0n) is 31.1. The second-order valence-corrected chi connectivity index (χ2v) is 18.0. The molecule has 2 fully saturated rings. The van der Waals surface area contributed by atoms with Crippen molar-refractivity contribution in [1.82, 2.24) is 25.2 Å². The zero-order chi connectivity index (χ0) is 40.6. The van der Waals surface area contributed by atoms with Crippen LogP contribution in [0.25, 0.3) is 0 Å². The van der Waals surface area contributed by atoms with E-state index in [0.717, 1.165) is 6.07 Å². The van der Waals surface area contributed by atoms with Gasteiger partial charge in [-0.15, -0.1) is 0 Å². The third-order valence-electron chi connectivity index (χ3n) is 10.2. The van der Waals surface area contributed by atoms with Crippen LogP contribution in [0.4, 0.5) is 14.0 Å². The van der Waals surface area contributed by atoms with E-state index >= 15 is 0 Å². The summed E-state index contributed by atoms with van der Waals surface area (Å²) in [4.78, 5) is 71.1. The van der Waals surface area contributed by atoms with Crippen molar-refractivity contribution in [3.8, 4) is 0 Å². The van der Waals surface area contributed by atoms with Crippen molar-refractivity contribution in [2.24, 2.45) is 5.92 Å². The Labute approximate surface area is 334 Å². The SMILES string of the molecule is CC(C)(C)OC(=O)N[C@H]1CCCCC/C=C\[C@H]2C[C@]2(C(=O)NS(=O)(=O)c2cc(Cl)ccc2Cl)NC(=O)[C@@H]2C[C@@H](OC(=O)N3Cc4cccc(F)c4C3)CN2C1=O. The quantitative estimate of drug-likeness (QED) is 0.335. The number of hydrogen-bond acceptors (Lipinski definition) is 9. The second-order valence-electron chi connectivity index (χ2n) is 15.5. The third kappa shape index (κ3) is 9.24. The minimum atomic E-state index is -4.56. The van der Waals surface area contributed by atoms with Gasteiger partial charge in [-0.25, -0.2) is 27.1 Å². The van der Waals surface area contributed by atoms with Gasteiger partial charge < -0.3 is 25.0 Å². The van der Waals surface area contributed by atoms with Gasteiger partial charge in [0, 0.05) is 29.5 Å². The predicted octanol–water partition coefficient (Wildman–Crippen LogP) is 5.35. The molecule has 14 nitrogen and oxygen atoms in total. The predicted molar refractivity (Wildman–Crippen MR) is 202 cm³/mol. The fraction of sp³-hybridized carbons (Fsp3) is 0.500. The lowest BCUT2D eigenvalue weighted by molar-refractivity contribution is -0.141. The number of ether oxygens (including phenoxy) is 2. The fourth-order valence-corrected chi connectivity index (χ4v) is 9.10. The summed E-state index contributed by atoms with van der Waals surface area (Å²) < 4.78 is 54.6. The van der Waals surface area contributed by atoms with E-state index in [2.05, 4.69) is 10.6 Å². The molecular formula is C38H44Cl2FN5O9S. The van der Waals surface area contributed by atoms with E-state index in [9.17, 15) is 36.8 Å². The molecule has 5 amide bonds. The van der Waals surface area contributed by atoms with Crippen LogP contribution in [0.5, 0.6) is 0 Å². The maximum Gasteiger partial charge on any atom is 0.410 e. The first kappa shape index (κ1) is 41.2. The van der Waals surface area contributed by atoms with Gasteiger partial charge in [-0.3, -0.25) is 19.3 Å². The molecule has 302 valence electrons. The van der Waals surface area contributed by atoms with Gasteiger partial charge in [0.05, 0.1) is 18.1 Å². The highest BCUT2D eigenvalue weighted by Crippen LogP contribution is 2.46. The van der Waals surface area contributed by atoms with Crippen LogP contribution in [-0.4, -0.2) is 84.0 Å². The summed E-state index contributed by atoms with van der Waals surface area (Å²) in [5, 5.41) is 5.28. The standard InChI is InChI=1S/C38H44Cl2FN5O9S/c1-37(2,3)55-35(50)42-29-13-8-6-4-5-7-11-23-18-38(23,34(49)44-56(52,53)31-16-24(39)14-15-27(31)40)43-32(47)30-17-25(20-46(30)33(29)48)54-36(51)45-19-22-10-9-12-28(41)26(22)21-45/h7,9-12,14-16,23,25,29-30H,4-6,8,13,17-21H2,1-3H3,(H,42,50)(H,43,47)(H,44,49)/b11-7-/t23-,25+,29-,30-,38-/m0/s1. The van der Waals surface area contributed by atoms with Crippen molar-refractivity contribution in [1.29, 1.82) is 0 Å². The molecule has 1 saturated carbocycles. The number of hydrogen-bond donors (Lipinski definition) is 3. The van der Waals surface area contributed by atoms with Gasteiger partial charge in [-0.1, -0.05) is 60.3 Å². The normalized spacial score (nSPS) is 26.0. The van der Waals surface area contributed by atoms with E-state index in [1.165, 1.54) is 28.0 Å². The monoisotopic (exact) mass is 835 g/mol. The Morgan fingerprint density at radius 2 is 1.82 bits per heavy atom. The van der Waals surface area contributed by atoms with E-state index < -0.39 is 85.9 Å². The number of nitrogens with one attached hydrogen (secondary N) is 3. The average Bonchev–Trinajstić information content (AvgIpc) is 3.41. The first-order chi connectivity index (χ1) is 26.4. The topological polar surface area (TPSA) is 181 Å². The van der Waals surface area contributed by atoms with Gasteiger partial charge in [0.1, 0.15) is 40.0 Å². The number of rotatable bonds is 5. The molecule has 3 aliphatic heterocycles. The molecule has 6 rings (SSSR count). The lowest BCUT2D eigenvalue weighted by atomic mass is 10.0. The van der Waals surface area contributed by atoms with Crippen LogP contribution in [0.2, 0.25) is 10.0 Å². The van der Waals surface area contributed by atoms with Crippen LogP contribution in [0.3, 0.4) is 0 Å². The average molecular weight is 837 g/mol. The molecule has 1 aliphatic carbocycles. The molecule has 0 aromatic heterocycles. The molecule has 2 aromatic carbocycles. The van der Waals surface area contributed by atoms with Crippen LogP contribution < -0.4 is 15.4 Å². The first-order valence-electron chi connectivity index (χ1n) is 18.4. The van der Waals surface area contributed by atoms with E-state index in [-0.39, 0.29) is 48.9 Å². The van der Waals surface area contributed by atoms with Crippen molar-refractivity contribution in [3.63, 3.8) is 0 Å². The highest BCUT2D eigenvalue weighted by atomic mass is 35.5. The van der Waals surface area contributed by atoms with Crippen molar-refractivity contribution in [2.45, 2.75) is 113 Å². The highest BCUT2D eigenvalue weighted by molar-refractivity contribution is 7.90. The molecule has 0 unspecified atom stereocenters. The van der Waals surface area contributed by atoms with Crippen molar-refractivity contribution >= 4 is 63.1 Å². The van der Waals surface area contributed by atoms with Crippen molar-refractivity contribution in [3.05, 3.63) is 75.5 Å². The number of halogens is 3. The summed E-state index contributed by atoms with van der Waals surface area (Å²) in [5.41, 5.74) is -1.60. The third-order valence-corrected chi connectivity index (χ3v) is 12.2. The summed E-state index contributed by atoms with van der Waals surface area (Å²) in [7, 11) is -4.56. The molecule has 56 heavy (non-hydrogen) atoms. The van der Waals surface area contributed by atoms with E-state index in [0.29, 0.717) is 36.8 Å². The number of carbonyl (C=O) groups is 5. The van der Waals surface area contributed by atoms with Crippen LogP contribution in [0, 0.1) is 11.7 Å². The summed E-state index contributed by atoms with van der Waals surface area (Å²) in [6.45, 7) is 4.86. The maximum absolute atomic E-state index is 14.5. The van der Waals surface area contributed by atoms with Gasteiger partial charge in [-0.2, -0.15) is 0 Å². The molecule has 18 heteroatoms. The largest absolute Gasteiger partial charge is 0.444 e. The summed E-state index contributed by atoms with van der Waals surface area (Å²) in [6.07, 6.45) is 3.59. The fourth-order valence-electron chi connectivity index (χ4n) is 7.29. The van der Waals surface area contributed by atoms with Gasteiger partial charge >= 0.3 is 12.2 Å². The van der Waals surface area contributed by atoms with Crippen LogP contribution in [0.15, 0.2) is 53.4 Å². The van der Waals surface area contributed by atoms with Gasteiger partial charge in [0.15, 0.2) is 0 Å². The Bertz CT molecular complexity index is 2060. The molecule has 0 spiro atoms. The molecule has 4 aliphatic rings. The molecule has 5 atom stereocenters. The smallest absolute Gasteiger partial charge is 0.410 e. The number of alkyl carbamates (subject to hydrolysis) is 1. The zero-order valence-corrected chi connectivity index (χ0v) is 33.4. The summed E-state index contributed by atoms with van der Waals surface area (Å²) >= 11 is 12.2. The summed E-state index contributed by atoms with van der Waals surface area (Å²) in [6, 6.07) is 5.89. The Kier molecular flexibility index (Phi) is 11.9. The first-order valence-corrected chi connectivity index (χ1v) is 20.6. The van der Waals surface area contributed by atoms with E-state index in [1.807, 2.05) is 10.8 Å². The van der Waals surface area contributed by atoms with Gasteiger partial charge in [-0.05, 0) is 76.3 Å². The van der Waals surface area contributed by atoms with Crippen LogP contribution in [-0.2, 0) is 47.0 Å². The van der Waals surface area contributed by atoms with Crippen LogP contribution in [0.1, 0.15) is 76.8 Å². The van der Waals surface area contributed by atoms with Crippen LogP contribution >= 0.6 is 23.2 Å². The lowest BCUT2D eigenvalue weighted by Gasteiger charge is -2.30. The minimum absolute atomic E-state index is 0.0299. The van der Waals surface area contributed by atoms with E-state index in [4.69, 9.17) is 32.7 Å². The highest BCUT2D eigenvalue weighted by Gasteiger charge is 2.62. The number of fused-ring (bicyclic) bond motifs is 3. The number of amides is 5. The van der Waals surface area contributed by atoms with Crippen molar-refractivity contribution in [2.75, 3.05) is 6.54 Å². The summed E-state index contributed by atoms with van der Waals surface area (Å²) in [5.74, 6) is -3.51. The molecular weight excluding hydrogens is 792 g/mol. The lowest BCUT2D eigenvalue weighted by Crippen LogP contribution is -2.58. The molecule has 0 bridgehead atoms. The Morgan fingerprint density at radius 3 is 2.55 bits per heavy atom. The Balaban J connectivity index is 1.27. The maximum atomic E-state index is 14.5. The number of benzene rings is 2. The number of carbonyl (C=O) groups excluding carboxylic acids is 5. The second kappa shape index (κ2) is 16.2. The van der Waals surface area contributed by atoms with Gasteiger partial charge in [0.2, 0.25) is 11.8 Å². The molecule has 2 aromatic rings.